The molecular weight excluding hydrogens is 383 g/mol. The maximum absolute atomic E-state index is 2.41. The number of rotatable bonds is 6. The van der Waals surface area contributed by atoms with Gasteiger partial charge in [0.1, 0.15) is 0 Å². The first-order chi connectivity index (χ1) is 15.0. The van der Waals surface area contributed by atoms with E-state index in [1.165, 1.54) is 69.2 Å². The van der Waals surface area contributed by atoms with E-state index in [4.69, 9.17) is 0 Å². The lowest BCUT2D eigenvalue weighted by atomic mass is 9.11. The molecule has 170 valence electrons. The third-order valence-corrected chi connectivity index (χ3v) is 7.68. The fraction of sp³-hybridized carbons (Fsp3) is 0.419. The number of aryl methyl sites for hydroxylation is 9. The summed E-state index contributed by atoms with van der Waals surface area (Å²) in [5.41, 5.74) is 17.5. The first-order valence-electron chi connectivity index (χ1n) is 12.4. The quantitative estimate of drug-likeness (QED) is 0.384. The van der Waals surface area contributed by atoms with E-state index in [-0.39, 0.29) is 0 Å². The van der Waals surface area contributed by atoms with Crippen LogP contribution in [0.1, 0.15) is 69.8 Å². The average Bonchev–Trinajstić information content (AvgIpc) is 2.63. The van der Waals surface area contributed by atoms with Crippen molar-refractivity contribution in [2.75, 3.05) is 0 Å². The Hall–Kier alpha value is -2.28. The minimum absolute atomic E-state index is 1.11. The van der Waals surface area contributed by atoms with Crippen molar-refractivity contribution in [1.29, 1.82) is 0 Å². The lowest BCUT2D eigenvalue weighted by Gasteiger charge is -2.49. The molecule has 0 nitrogen and oxygen atoms in total. The molecule has 3 aromatic rings. The minimum atomic E-state index is -1.11. The topological polar surface area (TPSA) is 0 Å². The van der Waals surface area contributed by atoms with Crippen LogP contribution in [-0.2, 0) is 0 Å². The van der Waals surface area contributed by atoms with Gasteiger partial charge in [-0.1, -0.05) is 106 Å². The summed E-state index contributed by atoms with van der Waals surface area (Å²) in [5.74, 6) is 0. The average molecular weight is 425 g/mol. The molecule has 0 radical (unpaired) electrons. The molecular formula is C31H42B-. The maximum Gasteiger partial charge on any atom is 0.0834 e. The summed E-state index contributed by atoms with van der Waals surface area (Å²) in [6.07, 6.45) is 2.52. The van der Waals surface area contributed by atoms with Crippen molar-refractivity contribution in [3.8, 4) is 0 Å². The smallest absolute Gasteiger partial charge is 0.0834 e. The highest BCUT2D eigenvalue weighted by Crippen LogP contribution is 2.26. The van der Waals surface area contributed by atoms with E-state index >= 15 is 0 Å². The van der Waals surface area contributed by atoms with Crippen LogP contribution in [0.25, 0.3) is 0 Å². The summed E-state index contributed by atoms with van der Waals surface area (Å²) in [7, 11) is 0. The largest absolute Gasteiger partial charge is 0.194 e. The van der Waals surface area contributed by atoms with Crippen LogP contribution in [0.4, 0.5) is 0 Å². The van der Waals surface area contributed by atoms with Gasteiger partial charge in [-0.15, -0.1) is 0 Å². The molecule has 1 heteroatoms. The molecule has 3 aromatic carbocycles. The third-order valence-electron chi connectivity index (χ3n) is 7.68. The summed E-state index contributed by atoms with van der Waals surface area (Å²) >= 11 is 0. The van der Waals surface area contributed by atoms with E-state index in [1.54, 1.807) is 16.4 Å². The Morgan fingerprint density at radius 3 is 0.938 bits per heavy atom. The number of hydrogen-bond donors (Lipinski definition) is 0. The molecule has 0 atom stereocenters. The molecule has 0 aliphatic heterocycles. The summed E-state index contributed by atoms with van der Waals surface area (Å²) in [6.45, 7) is 23.1. The molecule has 0 aliphatic carbocycles. The molecule has 0 heterocycles. The van der Waals surface area contributed by atoms with Crippen molar-refractivity contribution in [2.45, 2.75) is 88.4 Å². The summed E-state index contributed by atoms with van der Waals surface area (Å²) < 4.78 is 0. The van der Waals surface area contributed by atoms with E-state index < -0.39 is 6.15 Å². The Balaban J connectivity index is 2.62. The van der Waals surface area contributed by atoms with Crippen LogP contribution in [0.5, 0.6) is 0 Å². The second kappa shape index (κ2) is 9.30. The second-order valence-electron chi connectivity index (χ2n) is 10.6. The van der Waals surface area contributed by atoms with Crippen molar-refractivity contribution < 1.29 is 0 Å². The zero-order chi connectivity index (χ0) is 23.8. The van der Waals surface area contributed by atoms with E-state index in [1.807, 2.05) is 0 Å². The van der Waals surface area contributed by atoms with Crippen LogP contribution in [-0.4, -0.2) is 6.15 Å². The van der Waals surface area contributed by atoms with Gasteiger partial charge in [0.05, 0.1) is 6.15 Å². The molecule has 0 bridgehead atoms. The monoisotopic (exact) mass is 425 g/mol. The first-order valence-corrected chi connectivity index (χ1v) is 12.4. The van der Waals surface area contributed by atoms with Gasteiger partial charge >= 0.3 is 0 Å². The van der Waals surface area contributed by atoms with Crippen LogP contribution in [0.15, 0.2) is 36.4 Å². The van der Waals surface area contributed by atoms with E-state index in [0.717, 1.165) is 0 Å². The van der Waals surface area contributed by atoms with Crippen molar-refractivity contribution >= 4 is 22.5 Å². The zero-order valence-corrected chi connectivity index (χ0v) is 22.2. The van der Waals surface area contributed by atoms with Crippen molar-refractivity contribution in [2.24, 2.45) is 0 Å². The molecule has 0 spiro atoms. The lowest BCUT2D eigenvalue weighted by Crippen LogP contribution is -2.71. The highest BCUT2D eigenvalue weighted by molar-refractivity contribution is 7.12. The van der Waals surface area contributed by atoms with Crippen LogP contribution in [0.2, 0.25) is 6.32 Å². The van der Waals surface area contributed by atoms with Gasteiger partial charge in [0.25, 0.3) is 0 Å². The van der Waals surface area contributed by atoms with Crippen LogP contribution >= 0.6 is 0 Å². The molecule has 0 fully saturated rings. The highest BCUT2D eigenvalue weighted by atomic mass is 14.2. The maximum atomic E-state index is 2.41. The van der Waals surface area contributed by atoms with Gasteiger partial charge in [0.15, 0.2) is 0 Å². The minimum Gasteiger partial charge on any atom is -0.194 e. The van der Waals surface area contributed by atoms with Gasteiger partial charge in [0.2, 0.25) is 0 Å². The summed E-state index contributed by atoms with van der Waals surface area (Å²) in [5, 5.41) is 0. The Kier molecular flexibility index (Phi) is 7.08. The van der Waals surface area contributed by atoms with Crippen LogP contribution in [0.3, 0.4) is 0 Å². The van der Waals surface area contributed by atoms with E-state index in [9.17, 15) is 0 Å². The lowest BCUT2D eigenvalue weighted by molar-refractivity contribution is 0.873. The molecule has 0 aliphatic rings. The normalized spacial score (nSPS) is 11.8. The molecule has 0 N–H and O–H groups in total. The molecule has 32 heavy (non-hydrogen) atoms. The van der Waals surface area contributed by atoms with Gasteiger partial charge in [0, 0.05) is 0 Å². The van der Waals surface area contributed by atoms with Gasteiger partial charge in [-0.3, -0.25) is 0 Å². The van der Waals surface area contributed by atoms with Crippen molar-refractivity contribution in [3.63, 3.8) is 0 Å². The van der Waals surface area contributed by atoms with E-state index in [2.05, 4.69) is 106 Å². The highest BCUT2D eigenvalue weighted by Gasteiger charge is 2.36. The molecule has 0 aromatic heterocycles. The Morgan fingerprint density at radius 2 is 0.719 bits per heavy atom. The first kappa shape index (κ1) is 24.4. The third kappa shape index (κ3) is 4.19. The number of unbranched alkanes of at least 4 members (excludes halogenated alkanes) is 1. The second-order valence-corrected chi connectivity index (χ2v) is 10.6. The van der Waals surface area contributed by atoms with Gasteiger partial charge in [-0.25, -0.2) is 0 Å². The fourth-order valence-electron chi connectivity index (χ4n) is 7.28. The number of benzene rings is 3. The standard InChI is InChI=1S/C31H42B/c1-11-12-13-32(29-23(5)14-20(2)15-24(29)6,30-25(7)16-21(3)17-26(30)8)31-27(9)18-22(4)19-28(31)10/h14-19H,11-13H2,1-10H3/q-1. The van der Waals surface area contributed by atoms with E-state index in [0.29, 0.717) is 0 Å². The summed E-state index contributed by atoms with van der Waals surface area (Å²) in [6, 6.07) is 14.4. The Labute approximate surface area is 197 Å². The van der Waals surface area contributed by atoms with Gasteiger partial charge in [-0.2, -0.15) is 22.7 Å². The number of hydrogen-bond acceptors (Lipinski definition) is 0. The molecule has 0 unspecified atom stereocenters. The van der Waals surface area contributed by atoms with Gasteiger partial charge in [-0.05, 0) is 62.3 Å². The van der Waals surface area contributed by atoms with Crippen LogP contribution < -0.4 is 16.4 Å². The SMILES string of the molecule is CCCC[B-](c1c(C)cc(C)cc1C)(c1c(C)cc(C)cc1C)c1c(C)cc(C)cc1C. The molecule has 0 saturated heterocycles. The van der Waals surface area contributed by atoms with Gasteiger partial charge < -0.3 is 0 Å². The predicted molar refractivity (Wildman–Crippen MR) is 146 cm³/mol. The van der Waals surface area contributed by atoms with Crippen LogP contribution in [0, 0.1) is 62.3 Å². The van der Waals surface area contributed by atoms with Crippen molar-refractivity contribution in [1.82, 2.24) is 0 Å². The molecule has 3 rings (SSSR count). The fourth-order valence-corrected chi connectivity index (χ4v) is 7.28. The Bertz CT molecular complexity index is 941. The Morgan fingerprint density at radius 1 is 0.469 bits per heavy atom. The zero-order valence-electron chi connectivity index (χ0n) is 22.2. The predicted octanol–water partition coefficient (Wildman–Crippen LogP) is 6.73. The van der Waals surface area contributed by atoms with Crippen molar-refractivity contribution in [3.05, 3.63) is 86.5 Å². The molecule has 0 amide bonds. The molecule has 0 saturated carbocycles. The summed E-state index contributed by atoms with van der Waals surface area (Å²) in [4.78, 5) is 0.